The van der Waals surface area contributed by atoms with Crippen LogP contribution in [0.15, 0.2) is 30.3 Å². The lowest BCUT2D eigenvalue weighted by atomic mass is 9.92. The summed E-state index contributed by atoms with van der Waals surface area (Å²) in [6, 6.07) is 8.46. The Morgan fingerprint density at radius 1 is 0.955 bits per heavy atom. The fourth-order valence-corrected chi connectivity index (χ4v) is 2.80. The fraction of sp³-hybridized carbons (Fsp3) is 0.333. The lowest BCUT2D eigenvalue weighted by Crippen LogP contribution is -2.08. The van der Waals surface area contributed by atoms with Crippen molar-refractivity contribution < 1.29 is 19.8 Å². The molecule has 2 rings (SSSR count). The number of aromatic carboxylic acids is 2. The molecular formula is C18H20O4. The maximum absolute atomic E-state index is 11.7. The zero-order chi connectivity index (χ0) is 16.1. The van der Waals surface area contributed by atoms with Gasteiger partial charge in [0.1, 0.15) is 0 Å². The third-order valence-electron chi connectivity index (χ3n) is 3.88. The first kappa shape index (κ1) is 16.0. The standard InChI is InChI=1S/C18H20O4/c1-2-3-4-5-7-13-11-10-12-8-6-9-14(17(19)20)15(12)16(13)18(21)22/h6,8-11H,2-5,7H2,1H3,(H,19,20)(H,21,22). The zero-order valence-electron chi connectivity index (χ0n) is 12.6. The van der Waals surface area contributed by atoms with Crippen molar-refractivity contribution in [2.75, 3.05) is 0 Å². The van der Waals surface area contributed by atoms with Crippen LogP contribution < -0.4 is 0 Å². The minimum atomic E-state index is -1.10. The molecule has 2 aromatic rings. The van der Waals surface area contributed by atoms with Gasteiger partial charge in [-0.15, -0.1) is 0 Å². The number of carboxylic acids is 2. The van der Waals surface area contributed by atoms with Gasteiger partial charge in [-0.2, -0.15) is 0 Å². The maximum atomic E-state index is 11.7. The van der Waals surface area contributed by atoms with Crippen LogP contribution in [0.2, 0.25) is 0 Å². The monoisotopic (exact) mass is 300 g/mol. The molecule has 0 aliphatic carbocycles. The molecule has 0 aliphatic rings. The van der Waals surface area contributed by atoms with Crippen molar-refractivity contribution in [1.29, 1.82) is 0 Å². The Bertz CT molecular complexity index is 704. The van der Waals surface area contributed by atoms with Gasteiger partial charge in [-0.05, 0) is 29.9 Å². The number of fused-ring (bicyclic) bond motifs is 1. The largest absolute Gasteiger partial charge is 0.478 e. The molecule has 0 fully saturated rings. The molecule has 0 saturated heterocycles. The van der Waals surface area contributed by atoms with Gasteiger partial charge in [0.2, 0.25) is 0 Å². The molecule has 116 valence electrons. The highest BCUT2D eigenvalue weighted by Crippen LogP contribution is 2.27. The lowest BCUT2D eigenvalue weighted by molar-refractivity contribution is 0.0694. The molecule has 22 heavy (non-hydrogen) atoms. The van der Waals surface area contributed by atoms with Gasteiger partial charge < -0.3 is 10.2 Å². The van der Waals surface area contributed by atoms with E-state index in [1.807, 2.05) is 12.1 Å². The van der Waals surface area contributed by atoms with E-state index in [0.29, 0.717) is 22.8 Å². The molecule has 0 unspecified atom stereocenters. The summed E-state index contributed by atoms with van der Waals surface area (Å²) in [4.78, 5) is 23.1. The molecule has 0 radical (unpaired) electrons. The number of rotatable bonds is 7. The highest BCUT2D eigenvalue weighted by atomic mass is 16.4. The van der Waals surface area contributed by atoms with Crippen LogP contribution in [0.25, 0.3) is 10.8 Å². The quantitative estimate of drug-likeness (QED) is 0.745. The van der Waals surface area contributed by atoms with Crippen LogP contribution in [-0.2, 0) is 6.42 Å². The predicted octanol–water partition coefficient (Wildman–Crippen LogP) is 4.36. The summed E-state index contributed by atoms with van der Waals surface area (Å²) in [5.74, 6) is -2.17. The van der Waals surface area contributed by atoms with Gasteiger partial charge in [0.25, 0.3) is 0 Å². The van der Waals surface area contributed by atoms with E-state index < -0.39 is 11.9 Å². The number of hydrogen-bond donors (Lipinski definition) is 2. The van der Waals surface area contributed by atoms with Crippen molar-refractivity contribution in [2.24, 2.45) is 0 Å². The average molecular weight is 300 g/mol. The molecule has 4 nitrogen and oxygen atoms in total. The topological polar surface area (TPSA) is 74.6 Å². The van der Waals surface area contributed by atoms with E-state index in [9.17, 15) is 19.8 Å². The van der Waals surface area contributed by atoms with Gasteiger partial charge in [0, 0.05) is 5.39 Å². The molecule has 0 saturated carbocycles. The molecule has 0 aromatic heterocycles. The summed E-state index contributed by atoms with van der Waals surface area (Å²) in [5, 5.41) is 19.9. The number of unbranched alkanes of at least 4 members (excludes halogenated alkanes) is 3. The van der Waals surface area contributed by atoms with Crippen LogP contribution in [-0.4, -0.2) is 22.2 Å². The summed E-state index contributed by atoms with van der Waals surface area (Å²) in [6.07, 6.45) is 4.86. The molecule has 0 amide bonds. The summed E-state index contributed by atoms with van der Waals surface area (Å²) in [7, 11) is 0. The van der Waals surface area contributed by atoms with Gasteiger partial charge in [-0.3, -0.25) is 0 Å². The molecule has 2 aromatic carbocycles. The van der Waals surface area contributed by atoms with E-state index in [4.69, 9.17) is 0 Å². The van der Waals surface area contributed by atoms with E-state index in [1.165, 1.54) is 6.07 Å². The molecule has 4 heteroatoms. The first-order chi connectivity index (χ1) is 10.6. The van der Waals surface area contributed by atoms with Gasteiger partial charge in [0.05, 0.1) is 11.1 Å². The number of benzene rings is 2. The second-order valence-electron chi connectivity index (χ2n) is 5.42. The summed E-state index contributed by atoms with van der Waals surface area (Å²) < 4.78 is 0. The normalized spacial score (nSPS) is 10.8. The van der Waals surface area contributed by atoms with Crippen LogP contribution in [0, 0.1) is 0 Å². The second-order valence-corrected chi connectivity index (χ2v) is 5.42. The van der Waals surface area contributed by atoms with Crippen LogP contribution in [0.4, 0.5) is 0 Å². The van der Waals surface area contributed by atoms with Crippen LogP contribution in [0.1, 0.15) is 58.9 Å². The fourth-order valence-electron chi connectivity index (χ4n) is 2.80. The smallest absolute Gasteiger partial charge is 0.336 e. The Balaban J connectivity index is 2.53. The summed E-state index contributed by atoms with van der Waals surface area (Å²) in [5.41, 5.74) is 0.891. The highest BCUT2D eigenvalue weighted by molar-refractivity contribution is 6.13. The number of aryl methyl sites for hydroxylation is 1. The number of carbonyl (C=O) groups is 2. The van der Waals surface area contributed by atoms with Gasteiger partial charge in [-0.1, -0.05) is 50.5 Å². The van der Waals surface area contributed by atoms with E-state index >= 15 is 0 Å². The van der Waals surface area contributed by atoms with E-state index in [0.717, 1.165) is 25.7 Å². The van der Waals surface area contributed by atoms with Crippen molar-refractivity contribution >= 4 is 22.7 Å². The Kier molecular flexibility index (Phi) is 5.15. The zero-order valence-corrected chi connectivity index (χ0v) is 12.6. The molecule has 0 atom stereocenters. The minimum Gasteiger partial charge on any atom is -0.478 e. The van der Waals surface area contributed by atoms with Crippen molar-refractivity contribution in [3.8, 4) is 0 Å². The van der Waals surface area contributed by atoms with E-state index in [1.54, 1.807) is 12.1 Å². The first-order valence-corrected chi connectivity index (χ1v) is 7.57. The van der Waals surface area contributed by atoms with Gasteiger partial charge in [0.15, 0.2) is 0 Å². The first-order valence-electron chi connectivity index (χ1n) is 7.57. The molecular weight excluding hydrogens is 280 g/mol. The molecule has 0 aliphatic heterocycles. The third-order valence-corrected chi connectivity index (χ3v) is 3.88. The van der Waals surface area contributed by atoms with Crippen LogP contribution >= 0.6 is 0 Å². The number of hydrogen-bond acceptors (Lipinski definition) is 2. The van der Waals surface area contributed by atoms with Crippen molar-refractivity contribution in [2.45, 2.75) is 39.0 Å². The second kappa shape index (κ2) is 7.07. The summed E-state index contributed by atoms with van der Waals surface area (Å²) in [6.45, 7) is 2.12. The van der Waals surface area contributed by atoms with Gasteiger partial charge >= 0.3 is 11.9 Å². The Morgan fingerprint density at radius 2 is 1.73 bits per heavy atom. The average Bonchev–Trinajstić information content (AvgIpc) is 2.50. The van der Waals surface area contributed by atoms with Crippen molar-refractivity contribution in [3.05, 3.63) is 47.0 Å². The maximum Gasteiger partial charge on any atom is 0.336 e. The molecule has 0 heterocycles. The Labute approximate surface area is 129 Å². The molecule has 0 spiro atoms. The van der Waals surface area contributed by atoms with Gasteiger partial charge in [-0.25, -0.2) is 9.59 Å². The summed E-state index contributed by atoms with van der Waals surface area (Å²) >= 11 is 0. The van der Waals surface area contributed by atoms with E-state index in [2.05, 4.69) is 6.92 Å². The Hall–Kier alpha value is -2.36. The van der Waals surface area contributed by atoms with Crippen LogP contribution in [0.3, 0.4) is 0 Å². The predicted molar refractivity (Wildman–Crippen MR) is 85.7 cm³/mol. The SMILES string of the molecule is CCCCCCc1ccc2cccc(C(=O)O)c2c1C(=O)O. The highest BCUT2D eigenvalue weighted by Gasteiger charge is 2.19. The van der Waals surface area contributed by atoms with Crippen molar-refractivity contribution in [3.63, 3.8) is 0 Å². The molecule has 2 N–H and O–H groups in total. The minimum absolute atomic E-state index is 0.0466. The van der Waals surface area contributed by atoms with E-state index in [-0.39, 0.29) is 11.1 Å². The van der Waals surface area contributed by atoms with Crippen LogP contribution in [0.5, 0.6) is 0 Å². The molecule has 0 bridgehead atoms. The van der Waals surface area contributed by atoms with Crippen molar-refractivity contribution in [1.82, 2.24) is 0 Å². The Morgan fingerprint density at radius 3 is 2.36 bits per heavy atom. The lowest BCUT2D eigenvalue weighted by Gasteiger charge is -2.12. The number of carboxylic acid groups (broad SMARTS) is 2. The third kappa shape index (κ3) is 3.27.